The SMILES string of the molecule is CN1C[C@H](c2ccc(Cl)cc2)[C@@H](C(=O)c2ccccn2)[C@]12C(=O)Nc1ccc(Cl)cc12. The van der Waals surface area contributed by atoms with E-state index in [-0.39, 0.29) is 17.6 Å². The zero-order valence-electron chi connectivity index (χ0n) is 16.7. The molecule has 0 saturated carbocycles. The minimum absolute atomic E-state index is 0.173. The Labute approximate surface area is 190 Å². The third-order valence-corrected chi connectivity index (χ3v) is 6.90. The molecule has 1 saturated heterocycles. The largest absolute Gasteiger partial charge is 0.324 e. The summed E-state index contributed by atoms with van der Waals surface area (Å²) < 4.78 is 0. The zero-order chi connectivity index (χ0) is 21.8. The van der Waals surface area contributed by atoms with Crippen molar-refractivity contribution in [3.63, 3.8) is 0 Å². The molecule has 1 aromatic heterocycles. The van der Waals surface area contributed by atoms with Crippen molar-refractivity contribution in [2.75, 3.05) is 18.9 Å². The second-order valence-corrected chi connectivity index (χ2v) is 8.88. The lowest BCUT2D eigenvalue weighted by molar-refractivity contribution is -0.126. The van der Waals surface area contributed by atoms with Crippen molar-refractivity contribution < 1.29 is 9.59 Å². The molecule has 1 amide bonds. The molecule has 2 aromatic carbocycles. The second kappa shape index (κ2) is 7.45. The van der Waals surface area contributed by atoms with E-state index in [4.69, 9.17) is 23.2 Å². The fraction of sp³-hybridized carbons (Fsp3) is 0.208. The van der Waals surface area contributed by atoms with Gasteiger partial charge in [-0.1, -0.05) is 41.4 Å². The summed E-state index contributed by atoms with van der Waals surface area (Å²) in [5, 5.41) is 4.11. The number of halogens is 2. The summed E-state index contributed by atoms with van der Waals surface area (Å²) in [5.41, 5.74) is 1.50. The standard InChI is InChI=1S/C24H19Cl2N3O2/c1-29-13-17(14-5-7-15(25)8-6-14)21(22(30)20-4-2-3-11-27-20)24(29)18-12-16(26)9-10-19(18)28-23(24)31/h2-12,17,21H,13H2,1H3,(H,28,31)/t17-,21+,24-/m1/s1. The summed E-state index contributed by atoms with van der Waals surface area (Å²) in [4.78, 5) is 33.7. The smallest absolute Gasteiger partial charge is 0.250 e. The molecule has 0 aliphatic carbocycles. The first-order valence-electron chi connectivity index (χ1n) is 9.96. The zero-order valence-corrected chi connectivity index (χ0v) is 18.2. The number of rotatable bonds is 3. The van der Waals surface area contributed by atoms with Gasteiger partial charge in [0.05, 0.1) is 5.92 Å². The van der Waals surface area contributed by atoms with E-state index in [1.165, 1.54) is 0 Å². The van der Waals surface area contributed by atoms with Gasteiger partial charge in [-0.3, -0.25) is 19.5 Å². The van der Waals surface area contributed by atoms with E-state index in [0.29, 0.717) is 28.0 Å². The van der Waals surface area contributed by atoms with Crippen LogP contribution in [0.2, 0.25) is 10.0 Å². The number of hydrogen-bond donors (Lipinski definition) is 1. The van der Waals surface area contributed by atoms with Crippen LogP contribution in [-0.2, 0) is 10.3 Å². The van der Waals surface area contributed by atoms with Crippen LogP contribution in [0, 0.1) is 5.92 Å². The van der Waals surface area contributed by atoms with Gasteiger partial charge >= 0.3 is 0 Å². The number of Topliss-reactive ketones (excluding diaryl/α,β-unsaturated/α-hetero) is 1. The van der Waals surface area contributed by atoms with Crippen molar-refractivity contribution in [3.05, 3.63) is 93.7 Å². The normalized spacial score (nSPS) is 24.9. The topological polar surface area (TPSA) is 62.3 Å². The number of carbonyl (C=O) groups is 2. The number of likely N-dealkylation sites (N-methyl/N-ethyl adjacent to an activating group) is 1. The van der Waals surface area contributed by atoms with Crippen molar-refractivity contribution in [1.82, 2.24) is 9.88 Å². The van der Waals surface area contributed by atoms with Gasteiger partial charge in [-0.15, -0.1) is 0 Å². The summed E-state index contributed by atoms with van der Waals surface area (Å²) >= 11 is 12.4. The maximum absolute atomic E-state index is 13.9. The number of fused-ring (bicyclic) bond motifs is 2. The molecule has 7 heteroatoms. The van der Waals surface area contributed by atoms with Gasteiger partial charge in [0.15, 0.2) is 5.78 Å². The molecule has 3 atom stereocenters. The predicted molar refractivity (Wildman–Crippen MR) is 121 cm³/mol. The number of likely N-dealkylation sites (tertiary alicyclic amines) is 1. The fourth-order valence-electron chi connectivity index (χ4n) is 5.09. The number of pyridine rings is 1. The number of hydrogen-bond acceptors (Lipinski definition) is 4. The molecule has 3 heterocycles. The molecule has 0 bridgehead atoms. The summed E-state index contributed by atoms with van der Waals surface area (Å²) in [7, 11) is 1.88. The highest BCUT2D eigenvalue weighted by molar-refractivity contribution is 6.31. The summed E-state index contributed by atoms with van der Waals surface area (Å²) in [6, 6.07) is 18.0. The summed E-state index contributed by atoms with van der Waals surface area (Å²) in [6.07, 6.45) is 1.59. The van der Waals surface area contributed by atoms with Crippen molar-refractivity contribution in [2.24, 2.45) is 5.92 Å². The molecule has 2 aliphatic rings. The molecule has 5 nitrogen and oxygen atoms in total. The number of nitrogens with one attached hydrogen (secondary N) is 1. The highest BCUT2D eigenvalue weighted by Crippen LogP contribution is 2.55. The van der Waals surface area contributed by atoms with Crippen molar-refractivity contribution in [1.29, 1.82) is 0 Å². The molecule has 0 unspecified atom stereocenters. The van der Waals surface area contributed by atoms with Gasteiger partial charge in [0.1, 0.15) is 11.2 Å². The Morgan fingerprint density at radius 2 is 1.84 bits per heavy atom. The van der Waals surface area contributed by atoms with E-state index < -0.39 is 11.5 Å². The van der Waals surface area contributed by atoms with Crippen LogP contribution in [0.4, 0.5) is 5.69 Å². The Morgan fingerprint density at radius 1 is 1.10 bits per heavy atom. The van der Waals surface area contributed by atoms with E-state index in [1.54, 1.807) is 42.6 Å². The van der Waals surface area contributed by atoms with Crippen molar-refractivity contribution in [3.8, 4) is 0 Å². The molecule has 0 radical (unpaired) electrons. The number of anilines is 1. The average Bonchev–Trinajstić information content (AvgIpc) is 3.24. The van der Waals surface area contributed by atoms with Crippen LogP contribution in [0.5, 0.6) is 0 Å². The molecule has 3 aromatic rings. The highest BCUT2D eigenvalue weighted by Gasteiger charge is 2.64. The molecule has 5 rings (SSSR count). The first-order chi connectivity index (χ1) is 14.9. The first kappa shape index (κ1) is 20.2. The van der Waals surface area contributed by atoms with Gasteiger partial charge in [-0.05, 0) is 55.1 Å². The van der Waals surface area contributed by atoms with Crippen LogP contribution < -0.4 is 5.32 Å². The van der Waals surface area contributed by atoms with Gasteiger partial charge in [0.2, 0.25) is 5.91 Å². The molecular weight excluding hydrogens is 433 g/mol. The number of ketones is 1. The first-order valence-corrected chi connectivity index (χ1v) is 10.7. The number of amides is 1. The lowest BCUT2D eigenvalue weighted by atomic mass is 9.71. The van der Waals surface area contributed by atoms with Crippen LogP contribution in [0.3, 0.4) is 0 Å². The van der Waals surface area contributed by atoms with Crippen LogP contribution in [0.15, 0.2) is 66.9 Å². The monoisotopic (exact) mass is 451 g/mol. The molecule has 31 heavy (non-hydrogen) atoms. The Morgan fingerprint density at radius 3 is 2.55 bits per heavy atom. The molecule has 156 valence electrons. The lowest BCUT2D eigenvalue weighted by Gasteiger charge is -2.35. The van der Waals surface area contributed by atoms with Gasteiger partial charge in [0, 0.05) is 40.0 Å². The van der Waals surface area contributed by atoms with E-state index in [2.05, 4.69) is 10.3 Å². The Hall–Kier alpha value is -2.73. The van der Waals surface area contributed by atoms with Crippen LogP contribution in [0.1, 0.15) is 27.5 Å². The van der Waals surface area contributed by atoms with E-state index in [0.717, 1.165) is 11.1 Å². The van der Waals surface area contributed by atoms with Crippen molar-refractivity contribution >= 4 is 40.6 Å². The number of aromatic nitrogens is 1. The second-order valence-electron chi connectivity index (χ2n) is 8.01. The Bertz CT molecular complexity index is 1180. The van der Waals surface area contributed by atoms with E-state index in [1.807, 2.05) is 36.2 Å². The van der Waals surface area contributed by atoms with E-state index in [9.17, 15) is 9.59 Å². The number of carbonyl (C=O) groups excluding carboxylic acids is 2. The third kappa shape index (κ3) is 2.99. The minimum atomic E-state index is -1.18. The highest BCUT2D eigenvalue weighted by atomic mass is 35.5. The quantitative estimate of drug-likeness (QED) is 0.582. The lowest BCUT2D eigenvalue weighted by Crippen LogP contribution is -2.51. The van der Waals surface area contributed by atoms with Gasteiger partial charge in [-0.25, -0.2) is 0 Å². The number of nitrogens with zero attached hydrogens (tertiary/aromatic N) is 2. The molecular formula is C24H19Cl2N3O2. The maximum Gasteiger partial charge on any atom is 0.250 e. The van der Waals surface area contributed by atoms with Crippen LogP contribution in [-0.4, -0.2) is 35.2 Å². The number of benzene rings is 2. The van der Waals surface area contributed by atoms with Gasteiger partial charge in [-0.2, -0.15) is 0 Å². The average molecular weight is 452 g/mol. The predicted octanol–water partition coefficient (Wildman–Crippen LogP) is 4.76. The van der Waals surface area contributed by atoms with Crippen LogP contribution >= 0.6 is 23.2 Å². The van der Waals surface area contributed by atoms with Gasteiger partial charge in [0.25, 0.3) is 0 Å². The molecule has 1 spiro atoms. The summed E-state index contributed by atoms with van der Waals surface area (Å²) in [5.74, 6) is -1.31. The van der Waals surface area contributed by atoms with Gasteiger partial charge < -0.3 is 5.32 Å². The Kier molecular flexibility index (Phi) is 4.85. The minimum Gasteiger partial charge on any atom is -0.324 e. The fourth-order valence-corrected chi connectivity index (χ4v) is 5.39. The summed E-state index contributed by atoms with van der Waals surface area (Å²) in [6.45, 7) is 0.518. The molecule has 1 fully saturated rings. The van der Waals surface area contributed by atoms with Crippen LogP contribution in [0.25, 0.3) is 0 Å². The van der Waals surface area contributed by atoms with Crippen molar-refractivity contribution in [2.45, 2.75) is 11.5 Å². The maximum atomic E-state index is 13.9. The molecule has 2 aliphatic heterocycles. The third-order valence-electron chi connectivity index (χ3n) is 6.41. The van der Waals surface area contributed by atoms with E-state index >= 15 is 0 Å². The Balaban J connectivity index is 1.74. The molecule has 1 N–H and O–H groups in total.